The first-order chi connectivity index (χ1) is 13.0. The average Bonchev–Trinajstić information content (AvgIpc) is 3.12. The number of piperidine rings is 1. The van der Waals surface area contributed by atoms with E-state index in [0.717, 1.165) is 36.9 Å². The molecule has 1 saturated heterocycles. The van der Waals surface area contributed by atoms with Gasteiger partial charge in [0.15, 0.2) is 0 Å². The molecule has 2 aliphatic rings. The first-order valence-electron chi connectivity index (χ1n) is 9.12. The quantitative estimate of drug-likeness (QED) is 0.592. The number of nitrogens with zero attached hydrogens (tertiary/aromatic N) is 3. The Labute approximate surface area is 158 Å². The molecule has 4 rings (SSSR count). The number of hydrogen-bond acceptors (Lipinski definition) is 5. The molecule has 0 atom stereocenters. The van der Waals surface area contributed by atoms with E-state index in [9.17, 15) is 18.5 Å². The van der Waals surface area contributed by atoms with Crippen molar-refractivity contribution in [1.82, 2.24) is 4.31 Å². The summed E-state index contributed by atoms with van der Waals surface area (Å²) in [4.78, 5) is 13.1. The molecule has 0 amide bonds. The monoisotopic (exact) mass is 387 g/mol. The van der Waals surface area contributed by atoms with Crippen molar-refractivity contribution in [3.05, 3.63) is 58.1 Å². The van der Waals surface area contributed by atoms with Crippen LogP contribution in [0.5, 0.6) is 0 Å². The van der Waals surface area contributed by atoms with Gasteiger partial charge in [0, 0.05) is 31.4 Å². The highest BCUT2D eigenvalue weighted by atomic mass is 32.2. The van der Waals surface area contributed by atoms with Crippen LogP contribution in [0.25, 0.3) is 0 Å². The van der Waals surface area contributed by atoms with Crippen molar-refractivity contribution in [2.24, 2.45) is 0 Å². The fourth-order valence-electron chi connectivity index (χ4n) is 3.88. The van der Waals surface area contributed by atoms with Crippen molar-refractivity contribution in [3.63, 3.8) is 0 Å². The Balaban J connectivity index is 1.75. The van der Waals surface area contributed by atoms with Gasteiger partial charge in [-0.05, 0) is 43.0 Å². The Morgan fingerprint density at radius 2 is 1.67 bits per heavy atom. The van der Waals surface area contributed by atoms with E-state index in [2.05, 4.69) is 0 Å². The molecular formula is C19H21N3O4S. The predicted molar refractivity (Wildman–Crippen MR) is 103 cm³/mol. The number of benzene rings is 2. The van der Waals surface area contributed by atoms with Crippen LogP contribution in [0.2, 0.25) is 0 Å². The summed E-state index contributed by atoms with van der Waals surface area (Å²) in [6.45, 7) is 1.58. The summed E-state index contributed by atoms with van der Waals surface area (Å²) >= 11 is 0. The Bertz CT molecular complexity index is 984. The highest BCUT2D eigenvalue weighted by Gasteiger charge is 2.31. The molecule has 0 N–H and O–H groups in total. The standard InChI is InChI=1S/C19H21N3O4S/c23-22(24)19-14-16(27(25,26)20-11-4-1-5-12-20)8-9-18(19)21-13-10-15-6-2-3-7-17(15)21/h2-3,6-9,14H,1,4-5,10-13H2. The van der Waals surface area contributed by atoms with Gasteiger partial charge in [-0.2, -0.15) is 4.31 Å². The fraction of sp³-hybridized carbons (Fsp3) is 0.368. The number of rotatable bonds is 4. The zero-order valence-electron chi connectivity index (χ0n) is 14.9. The molecule has 27 heavy (non-hydrogen) atoms. The number of hydrogen-bond donors (Lipinski definition) is 0. The second-order valence-electron chi connectivity index (χ2n) is 6.90. The van der Waals surface area contributed by atoms with E-state index in [1.165, 1.54) is 16.4 Å². The largest absolute Gasteiger partial charge is 0.335 e. The van der Waals surface area contributed by atoms with E-state index in [-0.39, 0.29) is 10.6 Å². The summed E-state index contributed by atoms with van der Waals surface area (Å²) in [5, 5.41) is 11.7. The minimum Gasteiger partial charge on any atom is -0.335 e. The van der Waals surface area contributed by atoms with Gasteiger partial charge >= 0.3 is 0 Å². The molecule has 142 valence electrons. The van der Waals surface area contributed by atoms with Gasteiger partial charge in [0.1, 0.15) is 5.69 Å². The lowest BCUT2D eigenvalue weighted by molar-refractivity contribution is -0.384. The Kier molecular flexibility index (Phi) is 4.61. The molecule has 7 nitrogen and oxygen atoms in total. The van der Waals surface area contributed by atoms with Gasteiger partial charge in [0.2, 0.25) is 10.0 Å². The molecule has 0 radical (unpaired) electrons. The normalized spacial score (nSPS) is 17.7. The van der Waals surface area contributed by atoms with Crippen molar-refractivity contribution in [3.8, 4) is 0 Å². The maximum atomic E-state index is 12.9. The smallest absolute Gasteiger partial charge is 0.294 e. The molecule has 0 bridgehead atoms. The summed E-state index contributed by atoms with van der Waals surface area (Å²) in [6, 6.07) is 12.1. The van der Waals surface area contributed by atoms with Crippen LogP contribution in [0.4, 0.5) is 17.1 Å². The van der Waals surface area contributed by atoms with Crippen LogP contribution in [-0.4, -0.2) is 37.3 Å². The van der Waals surface area contributed by atoms with E-state index in [1.54, 1.807) is 6.07 Å². The maximum absolute atomic E-state index is 12.9. The van der Waals surface area contributed by atoms with Crippen molar-refractivity contribution in [2.45, 2.75) is 30.6 Å². The summed E-state index contributed by atoms with van der Waals surface area (Å²) in [7, 11) is -3.71. The third-order valence-corrected chi connectivity index (χ3v) is 7.17. The molecule has 0 spiro atoms. The van der Waals surface area contributed by atoms with Crippen LogP contribution in [0.1, 0.15) is 24.8 Å². The zero-order valence-corrected chi connectivity index (χ0v) is 15.7. The third kappa shape index (κ3) is 3.19. The number of sulfonamides is 1. The number of nitro benzene ring substituents is 1. The molecule has 0 aromatic heterocycles. The predicted octanol–water partition coefficient (Wildman–Crippen LogP) is 3.46. The van der Waals surface area contributed by atoms with Crippen LogP contribution >= 0.6 is 0 Å². The first-order valence-corrected chi connectivity index (χ1v) is 10.6. The number of fused-ring (bicyclic) bond motifs is 1. The number of para-hydroxylation sites is 1. The molecule has 0 saturated carbocycles. The maximum Gasteiger partial charge on any atom is 0.294 e. The number of nitro groups is 1. The van der Waals surface area contributed by atoms with Crippen molar-refractivity contribution < 1.29 is 13.3 Å². The SMILES string of the molecule is O=[N+]([O-])c1cc(S(=O)(=O)N2CCCCC2)ccc1N1CCc2ccccc21. The van der Waals surface area contributed by atoms with E-state index in [1.807, 2.05) is 29.2 Å². The van der Waals surface area contributed by atoms with E-state index < -0.39 is 14.9 Å². The Morgan fingerprint density at radius 3 is 2.41 bits per heavy atom. The molecular weight excluding hydrogens is 366 g/mol. The van der Waals surface area contributed by atoms with E-state index in [4.69, 9.17) is 0 Å². The lowest BCUT2D eigenvalue weighted by atomic mass is 10.2. The second-order valence-corrected chi connectivity index (χ2v) is 8.84. The summed E-state index contributed by atoms with van der Waals surface area (Å²) in [5.74, 6) is 0. The zero-order chi connectivity index (χ0) is 19.0. The lowest BCUT2D eigenvalue weighted by Gasteiger charge is -2.26. The van der Waals surface area contributed by atoms with E-state index in [0.29, 0.717) is 25.3 Å². The van der Waals surface area contributed by atoms with Crippen LogP contribution in [-0.2, 0) is 16.4 Å². The van der Waals surface area contributed by atoms with Crippen molar-refractivity contribution in [2.75, 3.05) is 24.5 Å². The van der Waals surface area contributed by atoms with Gasteiger partial charge in [-0.3, -0.25) is 10.1 Å². The van der Waals surface area contributed by atoms with Crippen LogP contribution in [0.15, 0.2) is 47.4 Å². The highest BCUT2D eigenvalue weighted by Crippen LogP contribution is 2.40. The minimum atomic E-state index is -3.71. The molecule has 2 heterocycles. The lowest BCUT2D eigenvalue weighted by Crippen LogP contribution is -2.35. The Morgan fingerprint density at radius 1 is 0.926 bits per heavy atom. The van der Waals surface area contributed by atoms with Gasteiger partial charge in [0.05, 0.1) is 9.82 Å². The first kappa shape index (κ1) is 17.9. The molecule has 2 aliphatic heterocycles. The van der Waals surface area contributed by atoms with Crippen LogP contribution in [0.3, 0.4) is 0 Å². The molecule has 0 unspecified atom stereocenters. The minimum absolute atomic E-state index is 0.00710. The number of anilines is 2. The summed E-state index contributed by atoms with van der Waals surface area (Å²) in [6.07, 6.45) is 3.47. The second kappa shape index (κ2) is 6.94. The van der Waals surface area contributed by atoms with Crippen LogP contribution in [0, 0.1) is 10.1 Å². The molecule has 1 fully saturated rings. The van der Waals surface area contributed by atoms with Gasteiger partial charge in [-0.1, -0.05) is 24.6 Å². The molecule has 0 aliphatic carbocycles. The topological polar surface area (TPSA) is 83.8 Å². The van der Waals surface area contributed by atoms with Gasteiger partial charge < -0.3 is 4.90 Å². The Hall–Kier alpha value is -2.45. The summed E-state index contributed by atoms with van der Waals surface area (Å²) < 4.78 is 27.2. The molecule has 2 aromatic rings. The van der Waals surface area contributed by atoms with E-state index >= 15 is 0 Å². The van der Waals surface area contributed by atoms with Crippen molar-refractivity contribution >= 4 is 27.1 Å². The van der Waals surface area contributed by atoms with Gasteiger partial charge in [-0.25, -0.2) is 8.42 Å². The fourth-order valence-corrected chi connectivity index (χ4v) is 5.42. The molecule has 2 aromatic carbocycles. The van der Waals surface area contributed by atoms with Gasteiger partial charge in [-0.15, -0.1) is 0 Å². The third-order valence-electron chi connectivity index (χ3n) is 5.27. The van der Waals surface area contributed by atoms with Gasteiger partial charge in [0.25, 0.3) is 5.69 Å². The van der Waals surface area contributed by atoms with Crippen LogP contribution < -0.4 is 4.90 Å². The molecule has 8 heteroatoms. The van der Waals surface area contributed by atoms with Crippen molar-refractivity contribution in [1.29, 1.82) is 0 Å². The summed E-state index contributed by atoms with van der Waals surface area (Å²) in [5.41, 5.74) is 2.33. The average molecular weight is 387 g/mol. The highest BCUT2D eigenvalue weighted by molar-refractivity contribution is 7.89.